The van der Waals surface area contributed by atoms with Gasteiger partial charge < -0.3 is 10.1 Å². The molecule has 0 unspecified atom stereocenters. The van der Waals surface area contributed by atoms with Gasteiger partial charge in [0.25, 0.3) is 0 Å². The lowest BCUT2D eigenvalue weighted by atomic mass is 10.2. The Morgan fingerprint density at radius 3 is 2.89 bits per heavy atom. The first kappa shape index (κ1) is 14.7. The minimum atomic E-state index is 0.0434. The molecule has 0 aromatic heterocycles. The van der Waals surface area contributed by atoms with Crippen LogP contribution in [0.15, 0.2) is 18.2 Å². The Morgan fingerprint density at radius 2 is 2.21 bits per heavy atom. The van der Waals surface area contributed by atoms with Crippen molar-refractivity contribution >= 4 is 35.0 Å². The summed E-state index contributed by atoms with van der Waals surface area (Å²) in [6.45, 7) is 3.57. The lowest BCUT2D eigenvalue weighted by Crippen LogP contribution is -2.21. The van der Waals surface area contributed by atoms with Crippen LogP contribution >= 0.6 is 23.4 Å². The molecule has 5 heteroatoms. The summed E-state index contributed by atoms with van der Waals surface area (Å²) < 4.78 is 5.30. The van der Waals surface area contributed by atoms with Crippen molar-refractivity contribution in [3.05, 3.63) is 28.8 Å². The molecule has 0 aliphatic carbocycles. The highest BCUT2D eigenvalue weighted by Crippen LogP contribution is 2.23. The maximum absolute atomic E-state index is 11.9. The normalized spacial score (nSPS) is 16.3. The molecule has 0 radical (unpaired) electrons. The Morgan fingerprint density at radius 1 is 1.47 bits per heavy atom. The Balaban J connectivity index is 1.80. The van der Waals surface area contributed by atoms with Gasteiger partial charge in [0, 0.05) is 29.2 Å². The SMILES string of the molecule is Cc1cc(Cl)ccc1NC(=O)CSC1CCOCC1. The molecule has 1 aliphatic rings. The zero-order valence-corrected chi connectivity index (χ0v) is 12.5. The van der Waals surface area contributed by atoms with Crippen molar-refractivity contribution in [3.8, 4) is 0 Å². The van der Waals surface area contributed by atoms with E-state index in [0.29, 0.717) is 16.0 Å². The van der Waals surface area contributed by atoms with Crippen LogP contribution in [0.2, 0.25) is 5.02 Å². The first-order chi connectivity index (χ1) is 9.15. The predicted molar refractivity (Wildman–Crippen MR) is 81.1 cm³/mol. The highest BCUT2D eigenvalue weighted by molar-refractivity contribution is 8.00. The number of hydrogen-bond donors (Lipinski definition) is 1. The lowest BCUT2D eigenvalue weighted by Gasteiger charge is -2.21. The van der Waals surface area contributed by atoms with E-state index in [-0.39, 0.29) is 5.91 Å². The van der Waals surface area contributed by atoms with Crippen LogP contribution in [0, 0.1) is 6.92 Å². The van der Waals surface area contributed by atoms with E-state index in [9.17, 15) is 4.79 Å². The lowest BCUT2D eigenvalue weighted by molar-refractivity contribution is -0.113. The molecule has 1 saturated heterocycles. The van der Waals surface area contributed by atoms with Crippen LogP contribution in [-0.2, 0) is 9.53 Å². The molecule has 0 atom stereocenters. The molecular weight excluding hydrogens is 282 g/mol. The molecule has 1 aromatic rings. The number of hydrogen-bond acceptors (Lipinski definition) is 3. The molecule has 1 fully saturated rings. The van der Waals surface area contributed by atoms with Gasteiger partial charge in [-0.25, -0.2) is 0 Å². The van der Waals surface area contributed by atoms with Crippen LogP contribution in [0.3, 0.4) is 0 Å². The van der Waals surface area contributed by atoms with Crippen molar-refractivity contribution in [1.82, 2.24) is 0 Å². The summed E-state index contributed by atoms with van der Waals surface area (Å²) >= 11 is 7.60. The number of carbonyl (C=O) groups excluding carboxylic acids is 1. The van der Waals surface area contributed by atoms with Gasteiger partial charge in [0.15, 0.2) is 0 Å². The molecular formula is C14H18ClNO2S. The molecule has 1 N–H and O–H groups in total. The number of benzene rings is 1. The largest absolute Gasteiger partial charge is 0.381 e. The molecule has 3 nitrogen and oxygen atoms in total. The van der Waals surface area contributed by atoms with E-state index < -0.39 is 0 Å². The van der Waals surface area contributed by atoms with E-state index in [1.54, 1.807) is 17.8 Å². The first-order valence-corrected chi connectivity index (χ1v) is 7.83. The minimum Gasteiger partial charge on any atom is -0.381 e. The number of thioether (sulfide) groups is 1. The smallest absolute Gasteiger partial charge is 0.234 e. The van der Waals surface area contributed by atoms with Crippen LogP contribution in [0.4, 0.5) is 5.69 Å². The standard InChI is InChI=1S/C14H18ClNO2S/c1-10-8-11(15)2-3-13(10)16-14(17)9-19-12-4-6-18-7-5-12/h2-3,8,12H,4-7,9H2,1H3,(H,16,17). The van der Waals surface area contributed by atoms with E-state index >= 15 is 0 Å². The van der Waals surface area contributed by atoms with Gasteiger partial charge in [-0.1, -0.05) is 11.6 Å². The molecule has 1 aromatic carbocycles. The van der Waals surface area contributed by atoms with Crippen molar-refractivity contribution in [2.75, 3.05) is 24.3 Å². The van der Waals surface area contributed by atoms with Gasteiger partial charge in [-0.05, 0) is 43.5 Å². The van der Waals surface area contributed by atoms with Gasteiger partial charge in [-0.15, -0.1) is 11.8 Å². The fourth-order valence-corrected chi connectivity index (χ4v) is 3.20. The zero-order chi connectivity index (χ0) is 13.7. The third-order valence-corrected chi connectivity index (χ3v) is 4.69. The summed E-state index contributed by atoms with van der Waals surface area (Å²) in [5, 5.41) is 4.16. The van der Waals surface area contributed by atoms with E-state index in [1.165, 1.54) is 0 Å². The van der Waals surface area contributed by atoms with Crippen LogP contribution in [0.5, 0.6) is 0 Å². The van der Waals surface area contributed by atoms with Gasteiger partial charge in [0.05, 0.1) is 5.75 Å². The maximum Gasteiger partial charge on any atom is 0.234 e. The van der Waals surface area contributed by atoms with E-state index in [2.05, 4.69) is 5.32 Å². The molecule has 0 spiro atoms. The highest BCUT2D eigenvalue weighted by atomic mass is 35.5. The van der Waals surface area contributed by atoms with Crippen molar-refractivity contribution in [1.29, 1.82) is 0 Å². The molecule has 19 heavy (non-hydrogen) atoms. The predicted octanol–water partition coefficient (Wildman–Crippen LogP) is 3.50. The van der Waals surface area contributed by atoms with E-state index in [1.807, 2.05) is 19.1 Å². The van der Waals surface area contributed by atoms with Crippen LogP contribution in [0.1, 0.15) is 18.4 Å². The second-order valence-corrected chi connectivity index (χ2v) is 6.36. The van der Waals surface area contributed by atoms with Gasteiger partial charge in [0.2, 0.25) is 5.91 Å². The molecule has 104 valence electrons. The molecule has 0 saturated carbocycles. The topological polar surface area (TPSA) is 38.3 Å². The van der Waals surface area contributed by atoms with E-state index in [0.717, 1.165) is 37.3 Å². The number of nitrogens with one attached hydrogen (secondary N) is 1. The minimum absolute atomic E-state index is 0.0434. The van der Waals surface area contributed by atoms with Crippen molar-refractivity contribution in [3.63, 3.8) is 0 Å². The summed E-state index contributed by atoms with van der Waals surface area (Å²) in [5.41, 5.74) is 1.82. The fraction of sp³-hybridized carbons (Fsp3) is 0.500. The maximum atomic E-state index is 11.9. The number of halogens is 1. The average molecular weight is 300 g/mol. The van der Waals surface area contributed by atoms with Crippen LogP contribution in [-0.4, -0.2) is 30.1 Å². The first-order valence-electron chi connectivity index (χ1n) is 6.40. The Labute approximate surface area is 123 Å². The van der Waals surface area contributed by atoms with Crippen molar-refractivity contribution in [2.24, 2.45) is 0 Å². The third kappa shape index (κ3) is 4.71. The molecule has 1 aliphatic heterocycles. The Hall–Kier alpha value is -0.710. The number of carbonyl (C=O) groups is 1. The monoisotopic (exact) mass is 299 g/mol. The van der Waals surface area contributed by atoms with Gasteiger partial charge in [0.1, 0.15) is 0 Å². The Bertz CT molecular complexity index is 447. The van der Waals surface area contributed by atoms with Crippen LogP contribution < -0.4 is 5.32 Å². The highest BCUT2D eigenvalue weighted by Gasteiger charge is 2.15. The van der Waals surface area contributed by atoms with Crippen LogP contribution in [0.25, 0.3) is 0 Å². The number of amides is 1. The fourth-order valence-electron chi connectivity index (χ4n) is 1.99. The van der Waals surface area contributed by atoms with Gasteiger partial charge >= 0.3 is 0 Å². The average Bonchev–Trinajstić information content (AvgIpc) is 2.41. The number of aryl methyl sites for hydroxylation is 1. The Kier molecular flexibility index (Phi) is 5.55. The summed E-state index contributed by atoms with van der Waals surface area (Å²) in [7, 11) is 0. The second-order valence-electron chi connectivity index (χ2n) is 4.63. The third-order valence-electron chi connectivity index (χ3n) is 3.08. The van der Waals surface area contributed by atoms with E-state index in [4.69, 9.17) is 16.3 Å². The number of anilines is 1. The molecule has 1 heterocycles. The number of rotatable bonds is 4. The second kappa shape index (κ2) is 7.17. The number of ether oxygens (including phenoxy) is 1. The van der Waals surface area contributed by atoms with Crippen molar-refractivity contribution < 1.29 is 9.53 Å². The summed E-state index contributed by atoms with van der Waals surface area (Å²) in [5.74, 6) is 0.536. The summed E-state index contributed by atoms with van der Waals surface area (Å²) in [6, 6.07) is 5.48. The summed E-state index contributed by atoms with van der Waals surface area (Å²) in [6.07, 6.45) is 2.08. The van der Waals surface area contributed by atoms with Crippen molar-refractivity contribution in [2.45, 2.75) is 25.0 Å². The summed E-state index contributed by atoms with van der Waals surface area (Å²) in [4.78, 5) is 11.9. The molecule has 0 bridgehead atoms. The van der Waals surface area contributed by atoms with Gasteiger partial charge in [-0.3, -0.25) is 4.79 Å². The molecule has 1 amide bonds. The molecule has 2 rings (SSSR count). The quantitative estimate of drug-likeness (QED) is 0.925. The zero-order valence-electron chi connectivity index (χ0n) is 10.9. The van der Waals surface area contributed by atoms with Gasteiger partial charge in [-0.2, -0.15) is 0 Å².